The smallest absolute Gasteiger partial charge is 0.228 e. The van der Waals surface area contributed by atoms with Crippen molar-refractivity contribution in [2.24, 2.45) is 23.5 Å². The van der Waals surface area contributed by atoms with Crippen molar-refractivity contribution in [1.29, 1.82) is 0 Å². The molecular formula is C16H26N4O. The summed E-state index contributed by atoms with van der Waals surface area (Å²) in [5.74, 6) is 2.16. The molecule has 0 aromatic carbocycles. The predicted molar refractivity (Wildman–Crippen MR) is 82.7 cm³/mol. The second-order valence-electron chi connectivity index (χ2n) is 6.63. The van der Waals surface area contributed by atoms with Gasteiger partial charge in [0.25, 0.3) is 0 Å². The van der Waals surface area contributed by atoms with Gasteiger partial charge in [0.1, 0.15) is 5.82 Å². The Labute approximate surface area is 126 Å². The van der Waals surface area contributed by atoms with Crippen LogP contribution in [-0.2, 0) is 11.3 Å². The third kappa shape index (κ3) is 2.98. The summed E-state index contributed by atoms with van der Waals surface area (Å²) >= 11 is 0. The van der Waals surface area contributed by atoms with E-state index in [0.29, 0.717) is 17.9 Å². The Bertz CT molecular complexity index is 484. The number of hydrogen-bond donors (Lipinski definition) is 2. The molecule has 2 aliphatic carbocycles. The average molecular weight is 290 g/mol. The number of hydrogen-bond acceptors (Lipinski definition) is 3. The van der Waals surface area contributed by atoms with Gasteiger partial charge >= 0.3 is 0 Å². The first-order valence-corrected chi connectivity index (χ1v) is 8.27. The van der Waals surface area contributed by atoms with Crippen LogP contribution >= 0.6 is 0 Å². The summed E-state index contributed by atoms with van der Waals surface area (Å²) in [6.07, 6.45) is 8.31. The Morgan fingerprint density at radius 2 is 2.14 bits per heavy atom. The van der Waals surface area contributed by atoms with Crippen LogP contribution in [-0.4, -0.2) is 21.7 Å². The van der Waals surface area contributed by atoms with E-state index in [4.69, 9.17) is 5.73 Å². The summed E-state index contributed by atoms with van der Waals surface area (Å²) in [7, 11) is 0. The largest absolute Gasteiger partial charge is 0.327 e. The molecule has 2 fully saturated rings. The highest BCUT2D eigenvalue weighted by Crippen LogP contribution is 2.42. The molecule has 2 bridgehead atoms. The Balaban J connectivity index is 1.64. The van der Waals surface area contributed by atoms with Crippen LogP contribution in [0.15, 0.2) is 12.3 Å². The Kier molecular flexibility index (Phi) is 4.29. The van der Waals surface area contributed by atoms with Gasteiger partial charge in [-0.05, 0) is 43.9 Å². The van der Waals surface area contributed by atoms with Crippen LogP contribution in [0.2, 0.25) is 0 Å². The van der Waals surface area contributed by atoms with Gasteiger partial charge in [-0.1, -0.05) is 13.3 Å². The summed E-state index contributed by atoms with van der Waals surface area (Å²) in [6, 6.07) is 2.19. The van der Waals surface area contributed by atoms with Gasteiger partial charge in [0.05, 0.1) is 6.20 Å². The van der Waals surface area contributed by atoms with Gasteiger partial charge in [-0.25, -0.2) is 4.68 Å². The molecule has 1 heterocycles. The second-order valence-corrected chi connectivity index (χ2v) is 6.63. The number of amides is 1. The SMILES string of the molecule is CCCn1nccc1NC(=O)C1CC2CCCC(C1)C2N. The highest BCUT2D eigenvalue weighted by Gasteiger charge is 2.40. The molecule has 0 spiro atoms. The van der Waals surface area contributed by atoms with Gasteiger partial charge in [-0.15, -0.1) is 0 Å². The van der Waals surface area contributed by atoms with Crippen LogP contribution in [0.1, 0.15) is 45.4 Å². The first-order chi connectivity index (χ1) is 10.2. The lowest BCUT2D eigenvalue weighted by Crippen LogP contribution is -2.48. The zero-order valence-electron chi connectivity index (χ0n) is 12.8. The van der Waals surface area contributed by atoms with E-state index in [0.717, 1.165) is 31.6 Å². The van der Waals surface area contributed by atoms with Gasteiger partial charge in [0, 0.05) is 24.6 Å². The first-order valence-electron chi connectivity index (χ1n) is 8.27. The number of nitrogens with one attached hydrogen (secondary N) is 1. The number of rotatable bonds is 4. The average Bonchev–Trinajstić information content (AvgIpc) is 2.86. The number of aromatic nitrogens is 2. The van der Waals surface area contributed by atoms with E-state index in [9.17, 15) is 4.79 Å². The van der Waals surface area contributed by atoms with E-state index in [2.05, 4.69) is 17.3 Å². The lowest BCUT2D eigenvalue weighted by Gasteiger charge is -2.43. The van der Waals surface area contributed by atoms with Crippen LogP contribution < -0.4 is 11.1 Å². The molecule has 0 saturated heterocycles. The van der Waals surface area contributed by atoms with Gasteiger partial charge in [0.15, 0.2) is 0 Å². The van der Waals surface area contributed by atoms with E-state index < -0.39 is 0 Å². The van der Waals surface area contributed by atoms with Crippen LogP contribution in [0.3, 0.4) is 0 Å². The zero-order chi connectivity index (χ0) is 14.8. The van der Waals surface area contributed by atoms with Crippen molar-refractivity contribution in [3.63, 3.8) is 0 Å². The zero-order valence-corrected chi connectivity index (χ0v) is 12.8. The topological polar surface area (TPSA) is 72.9 Å². The molecule has 2 unspecified atom stereocenters. The number of fused-ring (bicyclic) bond motifs is 2. The van der Waals surface area contributed by atoms with Crippen molar-refractivity contribution < 1.29 is 4.79 Å². The van der Waals surface area contributed by atoms with Crippen molar-refractivity contribution in [3.05, 3.63) is 12.3 Å². The second kappa shape index (κ2) is 6.18. The van der Waals surface area contributed by atoms with E-state index in [-0.39, 0.29) is 11.8 Å². The molecule has 3 rings (SSSR count). The third-order valence-electron chi connectivity index (χ3n) is 5.19. The lowest BCUT2D eigenvalue weighted by molar-refractivity contribution is -0.122. The Morgan fingerprint density at radius 1 is 1.43 bits per heavy atom. The molecule has 5 nitrogen and oxygen atoms in total. The molecule has 0 radical (unpaired) electrons. The molecule has 2 aliphatic rings. The summed E-state index contributed by atoms with van der Waals surface area (Å²) in [6.45, 7) is 2.94. The number of aryl methyl sites for hydroxylation is 1. The van der Waals surface area contributed by atoms with Crippen molar-refractivity contribution >= 4 is 11.7 Å². The molecule has 21 heavy (non-hydrogen) atoms. The fraction of sp³-hybridized carbons (Fsp3) is 0.750. The standard InChI is InChI=1S/C16H26N4O/c1-2-8-20-14(6-7-18-20)19-16(21)13-9-11-4-3-5-12(10-13)15(11)17/h6-7,11-13,15H,2-5,8-10,17H2,1H3,(H,19,21). The summed E-state index contributed by atoms with van der Waals surface area (Å²) in [4.78, 5) is 12.6. The molecule has 116 valence electrons. The molecule has 2 saturated carbocycles. The van der Waals surface area contributed by atoms with E-state index in [1.165, 1.54) is 19.3 Å². The normalized spacial score (nSPS) is 31.9. The van der Waals surface area contributed by atoms with Crippen molar-refractivity contribution in [1.82, 2.24) is 9.78 Å². The quantitative estimate of drug-likeness (QED) is 0.894. The molecule has 1 amide bonds. The maximum absolute atomic E-state index is 12.6. The van der Waals surface area contributed by atoms with Crippen molar-refractivity contribution in [2.75, 3.05) is 5.32 Å². The number of anilines is 1. The van der Waals surface area contributed by atoms with Gasteiger partial charge in [-0.3, -0.25) is 4.79 Å². The summed E-state index contributed by atoms with van der Waals surface area (Å²) in [5.41, 5.74) is 6.30. The summed E-state index contributed by atoms with van der Waals surface area (Å²) < 4.78 is 1.87. The predicted octanol–water partition coefficient (Wildman–Crippen LogP) is 2.39. The first kappa shape index (κ1) is 14.6. The minimum atomic E-state index is 0.116. The van der Waals surface area contributed by atoms with Gasteiger partial charge < -0.3 is 11.1 Å². The minimum Gasteiger partial charge on any atom is -0.327 e. The maximum Gasteiger partial charge on any atom is 0.228 e. The van der Waals surface area contributed by atoms with Gasteiger partial charge in [0.2, 0.25) is 5.91 Å². The molecule has 5 heteroatoms. The molecule has 1 aromatic rings. The highest BCUT2D eigenvalue weighted by molar-refractivity contribution is 5.91. The Morgan fingerprint density at radius 3 is 2.81 bits per heavy atom. The molecule has 0 aliphatic heterocycles. The van der Waals surface area contributed by atoms with Crippen LogP contribution in [0.4, 0.5) is 5.82 Å². The van der Waals surface area contributed by atoms with E-state index >= 15 is 0 Å². The van der Waals surface area contributed by atoms with E-state index in [1.54, 1.807) is 6.20 Å². The van der Waals surface area contributed by atoms with Crippen LogP contribution in [0.5, 0.6) is 0 Å². The minimum absolute atomic E-state index is 0.116. The van der Waals surface area contributed by atoms with Gasteiger partial charge in [-0.2, -0.15) is 5.10 Å². The lowest BCUT2D eigenvalue weighted by atomic mass is 9.65. The molecule has 3 N–H and O–H groups in total. The summed E-state index contributed by atoms with van der Waals surface area (Å²) in [5, 5.41) is 7.33. The maximum atomic E-state index is 12.6. The number of nitrogens with zero attached hydrogens (tertiary/aromatic N) is 2. The van der Waals surface area contributed by atoms with Crippen molar-refractivity contribution in [2.45, 2.75) is 58.0 Å². The number of carbonyl (C=O) groups is 1. The molecular weight excluding hydrogens is 264 g/mol. The monoisotopic (exact) mass is 290 g/mol. The number of nitrogens with two attached hydrogens (primary N) is 1. The van der Waals surface area contributed by atoms with E-state index in [1.807, 2.05) is 10.7 Å². The molecule has 2 atom stereocenters. The third-order valence-corrected chi connectivity index (χ3v) is 5.19. The Hall–Kier alpha value is -1.36. The fourth-order valence-electron chi connectivity index (χ4n) is 4.06. The number of carbonyl (C=O) groups excluding carboxylic acids is 1. The fourth-order valence-corrected chi connectivity index (χ4v) is 4.06. The van der Waals surface area contributed by atoms with Crippen molar-refractivity contribution in [3.8, 4) is 0 Å². The van der Waals surface area contributed by atoms with Crippen LogP contribution in [0.25, 0.3) is 0 Å². The highest BCUT2D eigenvalue weighted by atomic mass is 16.2. The molecule has 1 aromatic heterocycles. The van der Waals surface area contributed by atoms with Crippen LogP contribution in [0, 0.1) is 17.8 Å².